The van der Waals surface area contributed by atoms with Crippen molar-refractivity contribution in [1.82, 2.24) is 9.97 Å². The Hall–Kier alpha value is -3.40. The van der Waals surface area contributed by atoms with Crippen LogP contribution in [0.5, 0.6) is 0 Å². The molecule has 0 saturated carbocycles. The lowest BCUT2D eigenvalue weighted by Gasteiger charge is -2.11. The molecule has 2 heterocycles. The first kappa shape index (κ1) is 14.2. The molecular weight excluding hydrogens is 296 g/mol. The fourth-order valence-electron chi connectivity index (χ4n) is 2.77. The van der Waals surface area contributed by atoms with E-state index in [2.05, 4.69) is 39.6 Å². The third-order valence-electron chi connectivity index (χ3n) is 3.94. The third-order valence-corrected chi connectivity index (χ3v) is 3.94. The molecule has 0 fully saturated rings. The Kier molecular flexibility index (Phi) is 3.56. The molecule has 0 amide bonds. The molecule has 0 aliphatic heterocycles. The van der Waals surface area contributed by atoms with Crippen LogP contribution < -0.4 is 11.1 Å². The molecule has 0 saturated heterocycles. The summed E-state index contributed by atoms with van der Waals surface area (Å²) in [7, 11) is 0. The maximum Gasteiger partial charge on any atom is 0.153 e. The normalized spacial score (nSPS) is 10.7. The van der Waals surface area contributed by atoms with Gasteiger partial charge in [0, 0.05) is 35.2 Å². The summed E-state index contributed by atoms with van der Waals surface area (Å²) in [6.07, 6.45) is 5.50. The van der Waals surface area contributed by atoms with Crippen LogP contribution in [0.15, 0.2) is 79.3 Å². The van der Waals surface area contributed by atoms with Crippen molar-refractivity contribution in [3.8, 4) is 11.1 Å². The Morgan fingerprint density at radius 3 is 2.71 bits per heavy atom. The van der Waals surface area contributed by atoms with E-state index in [-0.39, 0.29) is 0 Å². The highest BCUT2D eigenvalue weighted by molar-refractivity contribution is 5.96. The van der Waals surface area contributed by atoms with E-state index in [0.29, 0.717) is 11.5 Å². The highest BCUT2D eigenvalue weighted by atomic mass is 15.0. The summed E-state index contributed by atoms with van der Waals surface area (Å²) in [5.74, 6) is 0.658. The second kappa shape index (κ2) is 6.01. The Morgan fingerprint density at radius 1 is 0.875 bits per heavy atom. The first-order chi connectivity index (χ1) is 11.8. The summed E-state index contributed by atoms with van der Waals surface area (Å²) in [5, 5.41) is 5.58. The van der Waals surface area contributed by atoms with E-state index in [4.69, 9.17) is 5.73 Å². The minimum absolute atomic E-state index is 0.620. The van der Waals surface area contributed by atoms with Gasteiger partial charge in [0.05, 0.1) is 5.69 Å². The number of hydrogen-bond donors (Lipinski definition) is 2. The van der Waals surface area contributed by atoms with Gasteiger partial charge >= 0.3 is 0 Å². The van der Waals surface area contributed by atoms with E-state index in [1.165, 1.54) is 5.39 Å². The second-order valence-corrected chi connectivity index (χ2v) is 5.56. The monoisotopic (exact) mass is 312 g/mol. The maximum atomic E-state index is 5.96. The van der Waals surface area contributed by atoms with Gasteiger partial charge in [0.25, 0.3) is 0 Å². The zero-order chi connectivity index (χ0) is 16.4. The van der Waals surface area contributed by atoms with Crippen LogP contribution in [-0.2, 0) is 0 Å². The molecule has 0 spiro atoms. The van der Waals surface area contributed by atoms with Crippen molar-refractivity contribution in [2.24, 2.45) is 0 Å². The van der Waals surface area contributed by atoms with Gasteiger partial charge in [-0.3, -0.25) is 4.98 Å². The minimum Gasteiger partial charge on any atom is -0.396 e. The van der Waals surface area contributed by atoms with E-state index in [1.807, 2.05) is 48.8 Å². The maximum absolute atomic E-state index is 5.96. The standard InChI is InChI=1S/C20H16N4/c21-19-9-4-10-23-20(19)24-16-7-3-6-14(11-16)18-13-22-12-15-5-1-2-8-17(15)18/h1-13H,21H2,(H,23,24). The first-order valence-electron chi connectivity index (χ1n) is 7.72. The van der Waals surface area contributed by atoms with Crippen molar-refractivity contribution in [1.29, 1.82) is 0 Å². The van der Waals surface area contributed by atoms with E-state index >= 15 is 0 Å². The summed E-state index contributed by atoms with van der Waals surface area (Å²) < 4.78 is 0. The van der Waals surface area contributed by atoms with Crippen LogP contribution in [0.3, 0.4) is 0 Å². The fraction of sp³-hybridized carbons (Fsp3) is 0. The van der Waals surface area contributed by atoms with Crippen molar-refractivity contribution in [2.75, 3.05) is 11.1 Å². The molecule has 116 valence electrons. The summed E-state index contributed by atoms with van der Waals surface area (Å²) in [6.45, 7) is 0. The number of anilines is 3. The molecule has 3 N–H and O–H groups in total. The van der Waals surface area contributed by atoms with Crippen LogP contribution in [0.1, 0.15) is 0 Å². The molecule has 0 aliphatic rings. The molecule has 4 heteroatoms. The number of aromatic nitrogens is 2. The Balaban J connectivity index is 1.76. The van der Waals surface area contributed by atoms with Crippen LogP contribution >= 0.6 is 0 Å². The highest BCUT2D eigenvalue weighted by Crippen LogP contribution is 2.30. The quantitative estimate of drug-likeness (QED) is 0.579. The number of nitrogens with zero attached hydrogens (tertiary/aromatic N) is 2. The van der Waals surface area contributed by atoms with Crippen LogP contribution in [0.2, 0.25) is 0 Å². The lowest BCUT2D eigenvalue weighted by atomic mass is 10.0. The fourth-order valence-corrected chi connectivity index (χ4v) is 2.77. The van der Waals surface area contributed by atoms with Gasteiger partial charge in [-0.2, -0.15) is 0 Å². The third kappa shape index (κ3) is 2.65. The Morgan fingerprint density at radius 2 is 1.79 bits per heavy atom. The summed E-state index contributed by atoms with van der Waals surface area (Å²) in [4.78, 5) is 8.64. The van der Waals surface area contributed by atoms with Gasteiger partial charge in [-0.05, 0) is 35.2 Å². The Bertz CT molecular complexity index is 1010. The van der Waals surface area contributed by atoms with Gasteiger partial charge in [-0.15, -0.1) is 0 Å². The predicted octanol–water partition coefficient (Wildman–Crippen LogP) is 4.62. The molecule has 0 aliphatic carbocycles. The number of pyridine rings is 2. The lowest BCUT2D eigenvalue weighted by molar-refractivity contribution is 1.31. The van der Waals surface area contributed by atoms with Crippen LogP contribution in [0.25, 0.3) is 21.9 Å². The van der Waals surface area contributed by atoms with Crippen molar-refractivity contribution in [2.45, 2.75) is 0 Å². The smallest absolute Gasteiger partial charge is 0.153 e. The van der Waals surface area contributed by atoms with Gasteiger partial charge in [0.1, 0.15) is 0 Å². The summed E-state index contributed by atoms with van der Waals surface area (Å²) in [6, 6.07) is 20.1. The van der Waals surface area contributed by atoms with Gasteiger partial charge in [-0.25, -0.2) is 4.98 Å². The van der Waals surface area contributed by atoms with Gasteiger partial charge in [0.15, 0.2) is 5.82 Å². The van der Waals surface area contributed by atoms with Crippen LogP contribution in [0, 0.1) is 0 Å². The Labute approximate surface area is 140 Å². The molecule has 4 aromatic rings. The minimum atomic E-state index is 0.620. The van der Waals surface area contributed by atoms with Crippen molar-refractivity contribution in [3.05, 3.63) is 79.3 Å². The van der Waals surface area contributed by atoms with E-state index in [1.54, 1.807) is 6.20 Å². The zero-order valence-electron chi connectivity index (χ0n) is 13.0. The second-order valence-electron chi connectivity index (χ2n) is 5.56. The van der Waals surface area contributed by atoms with Crippen molar-refractivity contribution < 1.29 is 0 Å². The molecule has 4 rings (SSSR count). The van der Waals surface area contributed by atoms with Crippen molar-refractivity contribution >= 4 is 28.0 Å². The van der Waals surface area contributed by atoms with E-state index in [9.17, 15) is 0 Å². The average Bonchev–Trinajstić information content (AvgIpc) is 2.63. The van der Waals surface area contributed by atoms with Gasteiger partial charge in [-0.1, -0.05) is 36.4 Å². The SMILES string of the molecule is Nc1cccnc1Nc1cccc(-c2cncc3ccccc23)c1. The van der Waals surface area contributed by atoms with E-state index in [0.717, 1.165) is 22.2 Å². The molecule has 2 aromatic heterocycles. The van der Waals surface area contributed by atoms with Gasteiger partial charge < -0.3 is 11.1 Å². The first-order valence-corrected chi connectivity index (χ1v) is 7.72. The number of hydrogen-bond acceptors (Lipinski definition) is 4. The number of fused-ring (bicyclic) bond motifs is 1. The molecular formula is C20H16N4. The lowest BCUT2D eigenvalue weighted by Crippen LogP contribution is -1.98. The molecule has 0 radical (unpaired) electrons. The summed E-state index contributed by atoms with van der Waals surface area (Å²) in [5.41, 5.74) is 9.71. The zero-order valence-corrected chi connectivity index (χ0v) is 13.0. The number of nitrogens with one attached hydrogen (secondary N) is 1. The molecule has 4 nitrogen and oxygen atoms in total. The van der Waals surface area contributed by atoms with E-state index < -0.39 is 0 Å². The van der Waals surface area contributed by atoms with Crippen LogP contribution in [-0.4, -0.2) is 9.97 Å². The topological polar surface area (TPSA) is 63.8 Å². The van der Waals surface area contributed by atoms with Gasteiger partial charge in [0.2, 0.25) is 0 Å². The molecule has 2 aromatic carbocycles. The largest absolute Gasteiger partial charge is 0.396 e. The molecule has 0 bridgehead atoms. The number of benzene rings is 2. The summed E-state index contributed by atoms with van der Waals surface area (Å²) >= 11 is 0. The number of nitrogens with two attached hydrogens (primary N) is 1. The molecule has 0 atom stereocenters. The average molecular weight is 312 g/mol. The number of nitrogen functional groups attached to an aromatic ring is 1. The number of rotatable bonds is 3. The highest BCUT2D eigenvalue weighted by Gasteiger charge is 2.06. The van der Waals surface area contributed by atoms with Crippen LogP contribution in [0.4, 0.5) is 17.2 Å². The van der Waals surface area contributed by atoms with Crippen molar-refractivity contribution in [3.63, 3.8) is 0 Å². The predicted molar refractivity (Wildman–Crippen MR) is 99.1 cm³/mol. The molecule has 0 unspecified atom stereocenters. The molecule has 24 heavy (non-hydrogen) atoms.